The molecule has 1 atom stereocenters. The quantitative estimate of drug-likeness (QED) is 0.519. The van der Waals surface area contributed by atoms with Gasteiger partial charge in [-0.2, -0.15) is 0 Å². The Bertz CT molecular complexity index is 511. The van der Waals surface area contributed by atoms with Crippen molar-refractivity contribution in [1.29, 1.82) is 0 Å². The number of rotatable bonds is 10. The van der Waals surface area contributed by atoms with Gasteiger partial charge >= 0.3 is 0 Å². The number of benzene rings is 1. The summed E-state index contributed by atoms with van der Waals surface area (Å²) in [5.74, 6) is 1.26. The Hall–Kier alpha value is -1.97. The predicted molar refractivity (Wildman–Crippen MR) is 94.9 cm³/mol. The molecule has 0 heterocycles. The van der Waals surface area contributed by atoms with Crippen LogP contribution in [0.2, 0.25) is 0 Å². The molecule has 0 saturated carbocycles. The highest BCUT2D eigenvalue weighted by Crippen LogP contribution is 2.27. The van der Waals surface area contributed by atoms with Gasteiger partial charge in [0.15, 0.2) is 11.5 Å². The van der Waals surface area contributed by atoms with E-state index < -0.39 is 0 Å². The Morgan fingerprint density at radius 2 is 1.91 bits per heavy atom. The molecular formula is C19H29NO3. The van der Waals surface area contributed by atoms with Gasteiger partial charge in [0.2, 0.25) is 5.91 Å². The van der Waals surface area contributed by atoms with E-state index in [4.69, 9.17) is 9.47 Å². The maximum absolute atomic E-state index is 11.9. The van der Waals surface area contributed by atoms with E-state index in [1.165, 1.54) is 19.3 Å². The van der Waals surface area contributed by atoms with Crippen molar-refractivity contribution in [3.8, 4) is 11.5 Å². The van der Waals surface area contributed by atoms with Crippen molar-refractivity contribution in [2.45, 2.75) is 52.0 Å². The Morgan fingerprint density at radius 1 is 1.17 bits per heavy atom. The van der Waals surface area contributed by atoms with Gasteiger partial charge in [0, 0.05) is 12.1 Å². The minimum Gasteiger partial charge on any atom is -0.493 e. The Kier molecular flexibility index (Phi) is 8.88. The number of carbonyl (C=O) groups is 1. The van der Waals surface area contributed by atoms with Crippen molar-refractivity contribution in [2.24, 2.45) is 0 Å². The van der Waals surface area contributed by atoms with Gasteiger partial charge in [-0.25, -0.2) is 0 Å². The molecule has 0 spiro atoms. The fraction of sp³-hybridized carbons (Fsp3) is 0.526. The van der Waals surface area contributed by atoms with E-state index in [1.54, 1.807) is 26.4 Å². The van der Waals surface area contributed by atoms with Gasteiger partial charge in [-0.3, -0.25) is 4.79 Å². The van der Waals surface area contributed by atoms with E-state index in [-0.39, 0.29) is 11.9 Å². The third-order valence-corrected chi connectivity index (χ3v) is 3.71. The lowest BCUT2D eigenvalue weighted by Crippen LogP contribution is -2.30. The van der Waals surface area contributed by atoms with Gasteiger partial charge < -0.3 is 14.8 Å². The lowest BCUT2D eigenvalue weighted by atomic mass is 10.1. The Balaban J connectivity index is 2.48. The van der Waals surface area contributed by atoms with E-state index >= 15 is 0 Å². The zero-order valence-electron chi connectivity index (χ0n) is 14.7. The second-order valence-electron chi connectivity index (χ2n) is 5.71. The number of methoxy groups -OCH3 is 2. The summed E-state index contributed by atoms with van der Waals surface area (Å²) in [5, 5.41) is 3.00. The number of amides is 1. The molecule has 1 aromatic rings. The molecule has 1 aromatic carbocycles. The van der Waals surface area contributed by atoms with Crippen molar-refractivity contribution in [1.82, 2.24) is 5.32 Å². The highest BCUT2D eigenvalue weighted by molar-refractivity contribution is 5.91. The lowest BCUT2D eigenvalue weighted by Gasteiger charge is -2.12. The molecule has 1 rings (SSSR count). The summed E-state index contributed by atoms with van der Waals surface area (Å²) in [6, 6.07) is 5.76. The van der Waals surface area contributed by atoms with E-state index in [2.05, 4.69) is 12.2 Å². The Labute approximate surface area is 139 Å². The van der Waals surface area contributed by atoms with Crippen LogP contribution in [0.1, 0.15) is 51.5 Å². The minimum atomic E-state index is -0.0669. The minimum absolute atomic E-state index is 0.0669. The molecule has 0 aliphatic heterocycles. The molecule has 0 aliphatic carbocycles. The summed E-state index contributed by atoms with van der Waals surface area (Å²) in [4.78, 5) is 11.9. The molecule has 23 heavy (non-hydrogen) atoms. The topological polar surface area (TPSA) is 47.6 Å². The summed E-state index contributed by atoms with van der Waals surface area (Å²) in [6.07, 6.45) is 9.25. The predicted octanol–water partition coefficient (Wildman–Crippen LogP) is 4.19. The van der Waals surface area contributed by atoms with Crippen LogP contribution in [0.25, 0.3) is 6.08 Å². The highest BCUT2D eigenvalue weighted by atomic mass is 16.5. The number of unbranched alkanes of at least 4 members (excludes halogenated alkanes) is 3. The second-order valence-corrected chi connectivity index (χ2v) is 5.71. The fourth-order valence-corrected chi connectivity index (χ4v) is 2.37. The van der Waals surface area contributed by atoms with E-state index in [0.717, 1.165) is 18.4 Å². The van der Waals surface area contributed by atoms with Gasteiger partial charge in [0.05, 0.1) is 14.2 Å². The molecule has 0 aliphatic rings. The van der Waals surface area contributed by atoms with Crippen molar-refractivity contribution in [3.05, 3.63) is 29.8 Å². The van der Waals surface area contributed by atoms with Crippen LogP contribution in [0.4, 0.5) is 0 Å². The van der Waals surface area contributed by atoms with Crippen LogP contribution < -0.4 is 14.8 Å². The molecule has 4 heteroatoms. The molecule has 1 amide bonds. The first-order chi connectivity index (χ1) is 11.1. The summed E-state index contributed by atoms with van der Waals surface area (Å²) < 4.78 is 10.4. The van der Waals surface area contributed by atoms with E-state index in [9.17, 15) is 4.79 Å². The first-order valence-corrected chi connectivity index (χ1v) is 8.31. The van der Waals surface area contributed by atoms with Gasteiger partial charge in [-0.15, -0.1) is 0 Å². The van der Waals surface area contributed by atoms with Gasteiger partial charge in [0.1, 0.15) is 0 Å². The third kappa shape index (κ3) is 7.22. The van der Waals surface area contributed by atoms with Crippen molar-refractivity contribution < 1.29 is 14.3 Å². The first kappa shape index (κ1) is 19.1. The molecule has 0 radical (unpaired) electrons. The van der Waals surface area contributed by atoms with Crippen LogP contribution >= 0.6 is 0 Å². The molecule has 0 bridgehead atoms. The average molecular weight is 319 g/mol. The molecule has 128 valence electrons. The van der Waals surface area contributed by atoms with E-state index in [1.807, 2.05) is 25.1 Å². The zero-order valence-corrected chi connectivity index (χ0v) is 14.7. The average Bonchev–Trinajstić information content (AvgIpc) is 2.56. The number of hydrogen-bond donors (Lipinski definition) is 1. The molecule has 4 nitrogen and oxygen atoms in total. The van der Waals surface area contributed by atoms with Crippen LogP contribution in [-0.4, -0.2) is 26.2 Å². The van der Waals surface area contributed by atoms with Crippen LogP contribution in [0.3, 0.4) is 0 Å². The summed E-state index contributed by atoms with van der Waals surface area (Å²) in [7, 11) is 3.20. The fourth-order valence-electron chi connectivity index (χ4n) is 2.37. The van der Waals surface area contributed by atoms with Crippen molar-refractivity contribution >= 4 is 12.0 Å². The molecular weight excluding hydrogens is 290 g/mol. The van der Waals surface area contributed by atoms with Crippen molar-refractivity contribution in [3.63, 3.8) is 0 Å². The van der Waals surface area contributed by atoms with Gasteiger partial charge in [-0.05, 0) is 37.1 Å². The smallest absolute Gasteiger partial charge is 0.244 e. The maximum atomic E-state index is 11.9. The summed E-state index contributed by atoms with van der Waals surface area (Å²) >= 11 is 0. The van der Waals surface area contributed by atoms with Crippen LogP contribution in [0.5, 0.6) is 11.5 Å². The SMILES string of the molecule is CCCCCCC(C)NC(=O)/C=C/c1ccc(OC)c(OC)c1. The number of carbonyl (C=O) groups excluding carboxylic acids is 1. The number of nitrogens with one attached hydrogen (secondary N) is 1. The van der Waals surface area contributed by atoms with Crippen LogP contribution in [0.15, 0.2) is 24.3 Å². The molecule has 1 unspecified atom stereocenters. The molecule has 0 fully saturated rings. The standard InChI is InChI=1S/C19H29NO3/c1-5-6-7-8-9-15(2)20-19(21)13-11-16-10-12-17(22-3)18(14-16)23-4/h10-15H,5-9H2,1-4H3,(H,20,21)/b13-11+. The first-order valence-electron chi connectivity index (χ1n) is 8.31. The second kappa shape index (κ2) is 10.7. The zero-order chi connectivity index (χ0) is 17.1. The van der Waals surface area contributed by atoms with Crippen LogP contribution in [-0.2, 0) is 4.79 Å². The molecule has 0 aromatic heterocycles. The molecule has 1 N–H and O–H groups in total. The van der Waals surface area contributed by atoms with E-state index in [0.29, 0.717) is 11.5 Å². The van der Waals surface area contributed by atoms with Crippen molar-refractivity contribution in [2.75, 3.05) is 14.2 Å². The largest absolute Gasteiger partial charge is 0.493 e. The monoisotopic (exact) mass is 319 g/mol. The lowest BCUT2D eigenvalue weighted by molar-refractivity contribution is -0.117. The van der Waals surface area contributed by atoms with Crippen LogP contribution in [0, 0.1) is 0 Å². The Morgan fingerprint density at radius 3 is 2.57 bits per heavy atom. The maximum Gasteiger partial charge on any atom is 0.244 e. The summed E-state index contributed by atoms with van der Waals surface area (Å²) in [5.41, 5.74) is 0.897. The normalized spacial score (nSPS) is 12.2. The number of ether oxygens (including phenoxy) is 2. The van der Waals surface area contributed by atoms with Gasteiger partial charge in [-0.1, -0.05) is 38.7 Å². The molecule has 0 saturated heterocycles. The highest BCUT2D eigenvalue weighted by Gasteiger charge is 2.05. The van der Waals surface area contributed by atoms with Gasteiger partial charge in [0.25, 0.3) is 0 Å². The third-order valence-electron chi connectivity index (χ3n) is 3.71. The summed E-state index contributed by atoms with van der Waals surface area (Å²) in [6.45, 7) is 4.25. The number of hydrogen-bond acceptors (Lipinski definition) is 3.